The number of benzene rings is 1. The standard InChI is InChI=1S/C19H24N4O2/c1-14(24)22-18-17(16-6-4-3-5-7-16)23(9-8-19(18,2)25)12-15-10-20-13-21-11-15/h3-7,10-11,13,17-18,25H,8-9,12H2,1-2H3,(H,22,24)/t17-,18-,19+/m0/s1. The molecule has 2 N–H and O–H groups in total. The fourth-order valence-electron chi connectivity index (χ4n) is 3.55. The van der Waals surface area contributed by atoms with Gasteiger partial charge in [0.15, 0.2) is 0 Å². The highest BCUT2D eigenvalue weighted by molar-refractivity contribution is 5.73. The smallest absolute Gasteiger partial charge is 0.217 e. The fraction of sp³-hybridized carbons (Fsp3) is 0.421. The van der Waals surface area contributed by atoms with Crippen LogP contribution >= 0.6 is 0 Å². The maximum absolute atomic E-state index is 11.8. The molecule has 2 heterocycles. The third-order valence-electron chi connectivity index (χ3n) is 4.78. The Bertz CT molecular complexity index is 706. The normalized spacial score (nSPS) is 27.0. The number of amides is 1. The van der Waals surface area contributed by atoms with Gasteiger partial charge in [-0.15, -0.1) is 0 Å². The number of carbonyl (C=O) groups excluding carboxylic acids is 1. The number of aromatic nitrogens is 2. The summed E-state index contributed by atoms with van der Waals surface area (Å²) in [5, 5.41) is 13.9. The minimum absolute atomic E-state index is 0.131. The highest BCUT2D eigenvalue weighted by Gasteiger charge is 2.45. The Labute approximate surface area is 147 Å². The Morgan fingerprint density at radius 2 is 2.00 bits per heavy atom. The number of hydrogen-bond acceptors (Lipinski definition) is 5. The van der Waals surface area contributed by atoms with Gasteiger partial charge in [0.1, 0.15) is 6.33 Å². The molecule has 0 spiro atoms. The molecular formula is C19H24N4O2. The van der Waals surface area contributed by atoms with Crippen LogP contribution in [0.1, 0.15) is 37.4 Å². The SMILES string of the molecule is CC(=O)N[C@H]1[C@H](c2ccccc2)N(Cc2cncnc2)CC[C@@]1(C)O. The fourth-order valence-corrected chi connectivity index (χ4v) is 3.55. The Morgan fingerprint density at radius 3 is 2.64 bits per heavy atom. The summed E-state index contributed by atoms with van der Waals surface area (Å²) < 4.78 is 0. The van der Waals surface area contributed by atoms with Crippen molar-refractivity contribution >= 4 is 5.91 Å². The van der Waals surface area contributed by atoms with Gasteiger partial charge in [0.25, 0.3) is 0 Å². The third-order valence-corrected chi connectivity index (χ3v) is 4.78. The predicted molar refractivity (Wildman–Crippen MR) is 94.5 cm³/mol. The summed E-state index contributed by atoms with van der Waals surface area (Å²) in [5.41, 5.74) is 1.10. The van der Waals surface area contributed by atoms with Gasteiger partial charge in [0, 0.05) is 38.0 Å². The second-order valence-corrected chi connectivity index (χ2v) is 6.86. The summed E-state index contributed by atoms with van der Waals surface area (Å²) in [6.45, 7) is 4.67. The molecule has 1 aromatic carbocycles. The van der Waals surface area contributed by atoms with Crippen molar-refractivity contribution in [1.82, 2.24) is 20.2 Å². The van der Waals surface area contributed by atoms with Crippen molar-refractivity contribution < 1.29 is 9.90 Å². The third kappa shape index (κ3) is 4.03. The van der Waals surface area contributed by atoms with Crippen LogP contribution in [0.25, 0.3) is 0 Å². The topological polar surface area (TPSA) is 78.4 Å². The van der Waals surface area contributed by atoms with Gasteiger partial charge in [-0.3, -0.25) is 9.69 Å². The largest absolute Gasteiger partial charge is 0.388 e. The molecule has 0 unspecified atom stereocenters. The molecule has 2 aromatic rings. The molecule has 1 fully saturated rings. The highest BCUT2D eigenvalue weighted by Crippen LogP contribution is 2.37. The van der Waals surface area contributed by atoms with E-state index in [0.29, 0.717) is 13.0 Å². The van der Waals surface area contributed by atoms with Crippen LogP contribution in [0.5, 0.6) is 0 Å². The molecule has 1 aromatic heterocycles. The number of likely N-dealkylation sites (tertiary alicyclic amines) is 1. The summed E-state index contributed by atoms with van der Waals surface area (Å²) >= 11 is 0. The van der Waals surface area contributed by atoms with E-state index in [2.05, 4.69) is 20.2 Å². The van der Waals surface area contributed by atoms with Gasteiger partial charge in [-0.25, -0.2) is 9.97 Å². The molecular weight excluding hydrogens is 316 g/mol. The lowest BCUT2D eigenvalue weighted by Gasteiger charge is -2.49. The Kier molecular flexibility index (Phi) is 5.11. The van der Waals surface area contributed by atoms with Crippen LogP contribution in [0.3, 0.4) is 0 Å². The minimum Gasteiger partial charge on any atom is -0.388 e. The molecule has 1 aliphatic heterocycles. The molecule has 0 radical (unpaired) electrons. The van der Waals surface area contributed by atoms with Crippen molar-refractivity contribution in [3.05, 3.63) is 60.2 Å². The van der Waals surface area contributed by atoms with E-state index in [-0.39, 0.29) is 11.9 Å². The molecule has 1 saturated heterocycles. The molecule has 25 heavy (non-hydrogen) atoms. The van der Waals surface area contributed by atoms with Crippen LogP contribution in [-0.4, -0.2) is 44.1 Å². The lowest BCUT2D eigenvalue weighted by atomic mass is 9.79. The minimum atomic E-state index is -0.976. The van der Waals surface area contributed by atoms with Crippen molar-refractivity contribution in [2.45, 2.75) is 44.5 Å². The number of piperidine rings is 1. The Morgan fingerprint density at radius 1 is 1.32 bits per heavy atom. The lowest BCUT2D eigenvalue weighted by Crippen LogP contribution is -2.62. The molecule has 6 nitrogen and oxygen atoms in total. The molecule has 132 valence electrons. The maximum atomic E-state index is 11.8. The van der Waals surface area contributed by atoms with Gasteiger partial charge in [-0.2, -0.15) is 0 Å². The summed E-state index contributed by atoms with van der Waals surface area (Å²) in [5.74, 6) is -0.142. The first-order valence-corrected chi connectivity index (χ1v) is 8.50. The highest BCUT2D eigenvalue weighted by atomic mass is 16.3. The second kappa shape index (κ2) is 7.29. The predicted octanol–water partition coefficient (Wildman–Crippen LogP) is 1.68. The van der Waals surface area contributed by atoms with E-state index < -0.39 is 11.6 Å². The van der Waals surface area contributed by atoms with E-state index in [4.69, 9.17) is 0 Å². The van der Waals surface area contributed by atoms with E-state index in [1.807, 2.05) is 30.3 Å². The Hall–Kier alpha value is -2.31. The lowest BCUT2D eigenvalue weighted by molar-refractivity contribution is -0.126. The van der Waals surface area contributed by atoms with E-state index in [1.54, 1.807) is 19.3 Å². The summed E-state index contributed by atoms with van der Waals surface area (Å²) in [6, 6.07) is 9.47. The van der Waals surface area contributed by atoms with Crippen molar-refractivity contribution in [3.63, 3.8) is 0 Å². The van der Waals surface area contributed by atoms with Crippen molar-refractivity contribution in [3.8, 4) is 0 Å². The Balaban J connectivity index is 1.97. The van der Waals surface area contributed by atoms with E-state index >= 15 is 0 Å². The summed E-state index contributed by atoms with van der Waals surface area (Å²) in [7, 11) is 0. The number of hydrogen-bond donors (Lipinski definition) is 2. The number of nitrogens with zero attached hydrogens (tertiary/aromatic N) is 3. The first-order valence-electron chi connectivity index (χ1n) is 8.50. The zero-order chi connectivity index (χ0) is 17.9. The van der Waals surface area contributed by atoms with Crippen LogP contribution < -0.4 is 5.32 Å². The van der Waals surface area contributed by atoms with Gasteiger partial charge in [-0.1, -0.05) is 30.3 Å². The van der Waals surface area contributed by atoms with Crippen LogP contribution in [0.15, 0.2) is 49.1 Å². The first kappa shape index (κ1) is 17.5. The summed E-state index contributed by atoms with van der Waals surface area (Å²) in [6.07, 6.45) is 5.69. The van der Waals surface area contributed by atoms with Crippen LogP contribution in [0, 0.1) is 0 Å². The van der Waals surface area contributed by atoms with E-state index in [9.17, 15) is 9.90 Å². The van der Waals surface area contributed by atoms with E-state index in [1.165, 1.54) is 13.3 Å². The monoisotopic (exact) mass is 340 g/mol. The molecule has 0 aliphatic carbocycles. The average molecular weight is 340 g/mol. The molecule has 0 saturated carbocycles. The molecule has 0 bridgehead atoms. The number of nitrogens with one attached hydrogen (secondary N) is 1. The van der Waals surface area contributed by atoms with Gasteiger partial charge in [0.2, 0.25) is 5.91 Å². The van der Waals surface area contributed by atoms with Crippen molar-refractivity contribution in [1.29, 1.82) is 0 Å². The van der Waals surface area contributed by atoms with Crippen LogP contribution in [-0.2, 0) is 11.3 Å². The van der Waals surface area contributed by atoms with E-state index in [0.717, 1.165) is 17.7 Å². The zero-order valence-corrected chi connectivity index (χ0v) is 14.6. The van der Waals surface area contributed by atoms with Gasteiger partial charge in [0.05, 0.1) is 17.7 Å². The zero-order valence-electron chi connectivity index (χ0n) is 14.6. The quantitative estimate of drug-likeness (QED) is 0.885. The van der Waals surface area contributed by atoms with Crippen molar-refractivity contribution in [2.75, 3.05) is 6.54 Å². The summed E-state index contributed by atoms with van der Waals surface area (Å²) in [4.78, 5) is 22.2. The molecule has 3 rings (SSSR count). The number of aliphatic hydroxyl groups is 1. The molecule has 1 amide bonds. The first-order chi connectivity index (χ1) is 12.0. The molecule has 6 heteroatoms. The van der Waals surface area contributed by atoms with Gasteiger partial charge < -0.3 is 10.4 Å². The number of rotatable bonds is 4. The van der Waals surface area contributed by atoms with Gasteiger partial charge >= 0.3 is 0 Å². The number of carbonyl (C=O) groups is 1. The maximum Gasteiger partial charge on any atom is 0.217 e. The molecule has 1 aliphatic rings. The van der Waals surface area contributed by atoms with Crippen LogP contribution in [0.2, 0.25) is 0 Å². The van der Waals surface area contributed by atoms with Crippen LogP contribution in [0.4, 0.5) is 0 Å². The average Bonchev–Trinajstić information content (AvgIpc) is 2.59. The second-order valence-electron chi connectivity index (χ2n) is 6.86. The molecule has 3 atom stereocenters. The van der Waals surface area contributed by atoms with Crippen molar-refractivity contribution in [2.24, 2.45) is 0 Å². The van der Waals surface area contributed by atoms with Gasteiger partial charge in [-0.05, 0) is 18.9 Å².